The number of hydrogen-bond donors (Lipinski definition) is 2. The maximum absolute atomic E-state index is 5.56. The van der Waals surface area contributed by atoms with Crippen LogP contribution in [0.4, 0.5) is 5.13 Å². The van der Waals surface area contributed by atoms with Crippen molar-refractivity contribution in [1.82, 2.24) is 4.98 Å². The van der Waals surface area contributed by atoms with Crippen LogP contribution in [0.3, 0.4) is 0 Å². The maximum atomic E-state index is 5.56. The van der Waals surface area contributed by atoms with Gasteiger partial charge in [-0.05, 0) is 25.0 Å². The molecule has 0 aliphatic heterocycles. The van der Waals surface area contributed by atoms with E-state index in [4.69, 9.17) is 5.73 Å². The van der Waals surface area contributed by atoms with E-state index >= 15 is 0 Å². The third-order valence-corrected chi connectivity index (χ3v) is 3.67. The molecule has 4 heteroatoms. The zero-order valence-electron chi connectivity index (χ0n) is 10.2. The van der Waals surface area contributed by atoms with Gasteiger partial charge in [0.1, 0.15) is 0 Å². The van der Waals surface area contributed by atoms with Crippen molar-refractivity contribution in [2.75, 3.05) is 5.32 Å². The fourth-order valence-electron chi connectivity index (χ4n) is 1.65. The van der Waals surface area contributed by atoms with Crippen molar-refractivity contribution in [3.05, 3.63) is 46.0 Å². The van der Waals surface area contributed by atoms with Crippen LogP contribution >= 0.6 is 11.3 Å². The van der Waals surface area contributed by atoms with Crippen molar-refractivity contribution >= 4 is 16.5 Å². The van der Waals surface area contributed by atoms with Gasteiger partial charge in [-0.25, -0.2) is 4.98 Å². The van der Waals surface area contributed by atoms with Gasteiger partial charge in [0, 0.05) is 24.2 Å². The number of benzene rings is 1. The number of aromatic nitrogens is 1. The highest BCUT2D eigenvalue weighted by atomic mass is 32.1. The average Bonchev–Trinajstić information content (AvgIpc) is 2.78. The molecule has 0 bridgehead atoms. The molecular weight excluding hydrogens is 230 g/mol. The summed E-state index contributed by atoms with van der Waals surface area (Å²) in [5, 5.41) is 4.27. The van der Waals surface area contributed by atoms with E-state index in [-0.39, 0.29) is 0 Å². The molecule has 0 unspecified atom stereocenters. The minimum absolute atomic E-state index is 0.558. The summed E-state index contributed by atoms with van der Waals surface area (Å²) in [7, 11) is 0. The summed E-state index contributed by atoms with van der Waals surface area (Å²) in [5.74, 6) is 0. The number of hydrogen-bond acceptors (Lipinski definition) is 4. The number of nitrogens with two attached hydrogens (primary N) is 1. The van der Waals surface area contributed by atoms with Gasteiger partial charge in [0.2, 0.25) is 0 Å². The lowest BCUT2D eigenvalue weighted by Crippen LogP contribution is -2.01. The molecule has 1 aromatic heterocycles. The minimum Gasteiger partial charge on any atom is -0.357 e. The predicted molar refractivity (Wildman–Crippen MR) is 73.2 cm³/mol. The van der Waals surface area contributed by atoms with Crippen LogP contribution in [0.15, 0.2) is 24.4 Å². The number of nitrogens with one attached hydrogen (secondary N) is 1. The molecular formula is C13H17N3S. The van der Waals surface area contributed by atoms with E-state index in [9.17, 15) is 0 Å². The predicted octanol–water partition coefficient (Wildman–Crippen LogP) is 2.83. The van der Waals surface area contributed by atoms with E-state index in [1.807, 2.05) is 6.20 Å². The summed E-state index contributed by atoms with van der Waals surface area (Å²) in [4.78, 5) is 5.39. The molecule has 0 spiro atoms. The molecule has 0 aliphatic carbocycles. The molecule has 1 aromatic carbocycles. The van der Waals surface area contributed by atoms with E-state index in [2.05, 4.69) is 42.3 Å². The standard InChI is InChI=1S/C13H17N3S/c1-9-3-4-10(2)11(5-9)7-15-13-16-8-12(6-14)17-13/h3-5,8H,6-7,14H2,1-2H3,(H,15,16). The molecule has 17 heavy (non-hydrogen) atoms. The fourth-order valence-corrected chi connectivity index (χ4v) is 2.33. The topological polar surface area (TPSA) is 50.9 Å². The van der Waals surface area contributed by atoms with Gasteiger partial charge in [-0.1, -0.05) is 23.8 Å². The second-order valence-electron chi connectivity index (χ2n) is 4.12. The number of thiazole rings is 1. The highest BCUT2D eigenvalue weighted by Gasteiger charge is 2.02. The van der Waals surface area contributed by atoms with Gasteiger partial charge in [-0.15, -0.1) is 11.3 Å². The van der Waals surface area contributed by atoms with E-state index in [0.717, 1.165) is 16.6 Å². The molecule has 90 valence electrons. The van der Waals surface area contributed by atoms with Crippen molar-refractivity contribution < 1.29 is 0 Å². The van der Waals surface area contributed by atoms with E-state index in [1.54, 1.807) is 11.3 Å². The summed E-state index contributed by atoms with van der Waals surface area (Å²) < 4.78 is 0. The number of aryl methyl sites for hydroxylation is 2. The van der Waals surface area contributed by atoms with Gasteiger partial charge in [0.25, 0.3) is 0 Å². The first-order valence-electron chi connectivity index (χ1n) is 5.64. The van der Waals surface area contributed by atoms with Crippen LogP contribution < -0.4 is 11.1 Å². The van der Waals surface area contributed by atoms with Crippen LogP contribution in [0.2, 0.25) is 0 Å². The lowest BCUT2D eigenvalue weighted by molar-refractivity contribution is 1.09. The van der Waals surface area contributed by atoms with Crippen LogP contribution in [-0.2, 0) is 13.1 Å². The molecule has 0 amide bonds. The third kappa shape index (κ3) is 3.05. The zero-order chi connectivity index (χ0) is 12.3. The Morgan fingerprint density at radius 2 is 2.18 bits per heavy atom. The van der Waals surface area contributed by atoms with Crippen molar-refractivity contribution in [2.24, 2.45) is 5.73 Å². The molecule has 0 saturated carbocycles. The van der Waals surface area contributed by atoms with Gasteiger partial charge in [0.15, 0.2) is 5.13 Å². The third-order valence-electron chi connectivity index (χ3n) is 2.69. The largest absolute Gasteiger partial charge is 0.357 e. The second-order valence-corrected chi connectivity index (χ2v) is 5.23. The zero-order valence-corrected chi connectivity index (χ0v) is 11.0. The Labute approximate surface area is 106 Å². The molecule has 2 rings (SSSR count). The monoisotopic (exact) mass is 247 g/mol. The maximum Gasteiger partial charge on any atom is 0.183 e. The van der Waals surface area contributed by atoms with Crippen molar-refractivity contribution in [2.45, 2.75) is 26.9 Å². The Hall–Kier alpha value is -1.39. The Kier molecular flexibility index (Phi) is 3.76. The van der Waals surface area contributed by atoms with Crippen molar-refractivity contribution in [3.63, 3.8) is 0 Å². The van der Waals surface area contributed by atoms with Crippen LogP contribution in [-0.4, -0.2) is 4.98 Å². The van der Waals surface area contributed by atoms with E-state index in [1.165, 1.54) is 16.7 Å². The molecule has 3 nitrogen and oxygen atoms in total. The van der Waals surface area contributed by atoms with Gasteiger partial charge in [-0.2, -0.15) is 0 Å². The first-order valence-corrected chi connectivity index (χ1v) is 6.45. The fraction of sp³-hybridized carbons (Fsp3) is 0.308. The molecule has 0 aliphatic rings. The van der Waals surface area contributed by atoms with Crippen LogP contribution in [0, 0.1) is 13.8 Å². The summed E-state index contributed by atoms with van der Waals surface area (Å²) >= 11 is 1.61. The average molecular weight is 247 g/mol. The quantitative estimate of drug-likeness (QED) is 0.873. The SMILES string of the molecule is Cc1ccc(C)c(CNc2ncc(CN)s2)c1. The van der Waals surface area contributed by atoms with Gasteiger partial charge >= 0.3 is 0 Å². The van der Waals surface area contributed by atoms with Crippen molar-refractivity contribution in [1.29, 1.82) is 0 Å². The van der Waals surface area contributed by atoms with Crippen LogP contribution in [0.1, 0.15) is 21.6 Å². The molecule has 3 N–H and O–H groups in total. The Bertz CT molecular complexity index is 505. The first-order chi connectivity index (χ1) is 8.19. The number of anilines is 1. The Morgan fingerprint density at radius 1 is 1.35 bits per heavy atom. The summed E-state index contributed by atoms with van der Waals surface area (Å²) in [6.07, 6.45) is 1.83. The summed E-state index contributed by atoms with van der Waals surface area (Å²) in [5.41, 5.74) is 9.46. The molecule has 2 aromatic rings. The molecule has 1 heterocycles. The highest BCUT2D eigenvalue weighted by molar-refractivity contribution is 7.15. The van der Waals surface area contributed by atoms with Gasteiger partial charge in [-0.3, -0.25) is 0 Å². The smallest absolute Gasteiger partial charge is 0.183 e. The van der Waals surface area contributed by atoms with Gasteiger partial charge < -0.3 is 11.1 Å². The number of nitrogens with zero attached hydrogens (tertiary/aromatic N) is 1. The van der Waals surface area contributed by atoms with Crippen LogP contribution in [0.25, 0.3) is 0 Å². The molecule has 0 saturated heterocycles. The second kappa shape index (κ2) is 5.29. The normalized spacial score (nSPS) is 10.5. The summed E-state index contributed by atoms with van der Waals surface area (Å²) in [6, 6.07) is 6.49. The first kappa shape index (κ1) is 12.1. The van der Waals surface area contributed by atoms with Gasteiger partial charge in [0.05, 0.1) is 0 Å². The highest BCUT2D eigenvalue weighted by Crippen LogP contribution is 2.19. The minimum atomic E-state index is 0.558. The van der Waals surface area contributed by atoms with Crippen molar-refractivity contribution in [3.8, 4) is 0 Å². The lowest BCUT2D eigenvalue weighted by Gasteiger charge is -2.07. The lowest BCUT2D eigenvalue weighted by atomic mass is 10.1. The number of rotatable bonds is 4. The Morgan fingerprint density at radius 3 is 2.88 bits per heavy atom. The van der Waals surface area contributed by atoms with Crippen LogP contribution in [0.5, 0.6) is 0 Å². The van der Waals surface area contributed by atoms with E-state index in [0.29, 0.717) is 6.54 Å². The summed E-state index contributed by atoms with van der Waals surface area (Å²) in [6.45, 7) is 5.61. The molecule has 0 radical (unpaired) electrons. The molecule has 0 fully saturated rings. The van der Waals surface area contributed by atoms with E-state index < -0.39 is 0 Å². The Balaban J connectivity index is 2.04. The molecule has 0 atom stereocenters.